The number of nitrogens with two attached hydrogens (primary N) is 2. The molecule has 4 nitrogen and oxygen atoms in total. The normalized spacial score (nSPS) is 12.4. The summed E-state index contributed by atoms with van der Waals surface area (Å²) in [6.07, 6.45) is 0.163. The zero-order chi connectivity index (χ0) is 11.3. The maximum absolute atomic E-state index is 10.7. The monoisotopic (exact) mass is 208 g/mol. The lowest BCUT2D eigenvalue weighted by atomic mass is 10.0. The molecule has 0 fully saturated rings. The smallest absolute Gasteiger partial charge is 0.219 e. The van der Waals surface area contributed by atoms with Gasteiger partial charge in [0.25, 0.3) is 0 Å². The number of hydrogen-bond acceptors (Lipinski definition) is 3. The number of primary amides is 1. The third-order valence-electron chi connectivity index (χ3n) is 2.11. The molecule has 4 heteroatoms. The minimum absolute atomic E-state index is 0.163. The van der Waals surface area contributed by atoms with Crippen LogP contribution in [-0.4, -0.2) is 13.0 Å². The van der Waals surface area contributed by atoms with Crippen LogP contribution in [0.4, 0.5) is 0 Å². The molecule has 15 heavy (non-hydrogen) atoms. The highest BCUT2D eigenvalue weighted by molar-refractivity contribution is 5.74. The first-order chi connectivity index (χ1) is 7.13. The van der Waals surface area contributed by atoms with Crippen molar-refractivity contribution in [1.29, 1.82) is 0 Å². The second-order valence-electron chi connectivity index (χ2n) is 3.45. The highest BCUT2D eigenvalue weighted by atomic mass is 16.5. The summed E-state index contributed by atoms with van der Waals surface area (Å²) in [6.45, 7) is 0.539. The van der Waals surface area contributed by atoms with Gasteiger partial charge in [0.05, 0.1) is 6.61 Å². The van der Waals surface area contributed by atoms with E-state index in [2.05, 4.69) is 0 Å². The van der Waals surface area contributed by atoms with Crippen molar-refractivity contribution in [1.82, 2.24) is 0 Å². The van der Waals surface area contributed by atoms with Gasteiger partial charge < -0.3 is 16.2 Å². The summed E-state index contributed by atoms with van der Waals surface area (Å²) in [5.74, 6) is -0.389. The molecule has 0 bridgehead atoms. The Morgan fingerprint density at radius 2 is 2.27 bits per heavy atom. The van der Waals surface area contributed by atoms with Crippen molar-refractivity contribution in [3.8, 4) is 0 Å². The summed E-state index contributed by atoms with van der Waals surface area (Å²) in [5, 5.41) is 0. The minimum atomic E-state index is -0.389. The van der Waals surface area contributed by atoms with Gasteiger partial charge in [0, 0.05) is 19.6 Å². The summed E-state index contributed by atoms with van der Waals surface area (Å²) in [6, 6.07) is 7.32. The van der Waals surface area contributed by atoms with Gasteiger partial charge in [-0.1, -0.05) is 24.3 Å². The molecule has 0 aliphatic heterocycles. The van der Waals surface area contributed by atoms with Crippen molar-refractivity contribution < 1.29 is 9.53 Å². The minimum Gasteiger partial charge on any atom is -0.380 e. The molecule has 0 radical (unpaired) electrons. The van der Waals surface area contributed by atoms with Gasteiger partial charge in [0.2, 0.25) is 5.91 Å². The predicted molar refractivity (Wildman–Crippen MR) is 57.9 cm³/mol. The zero-order valence-corrected chi connectivity index (χ0v) is 8.77. The highest BCUT2D eigenvalue weighted by Gasteiger charge is 2.09. The van der Waals surface area contributed by atoms with E-state index in [1.807, 2.05) is 24.3 Å². The number of benzene rings is 1. The van der Waals surface area contributed by atoms with Gasteiger partial charge in [-0.3, -0.25) is 4.79 Å². The molecule has 0 spiro atoms. The van der Waals surface area contributed by atoms with Crippen LogP contribution >= 0.6 is 0 Å². The molecule has 0 saturated carbocycles. The summed E-state index contributed by atoms with van der Waals surface area (Å²) in [5.41, 5.74) is 12.8. The Balaban J connectivity index is 2.75. The molecule has 82 valence electrons. The molecule has 1 amide bonds. The Bertz CT molecular complexity index is 339. The third kappa shape index (κ3) is 3.69. The molecule has 1 rings (SSSR count). The number of rotatable bonds is 5. The van der Waals surface area contributed by atoms with Crippen LogP contribution in [0.15, 0.2) is 24.3 Å². The fourth-order valence-electron chi connectivity index (χ4n) is 1.41. The van der Waals surface area contributed by atoms with Gasteiger partial charge in [0.15, 0.2) is 0 Å². The lowest BCUT2D eigenvalue weighted by Gasteiger charge is -2.11. The molecular formula is C11H16N2O2. The summed E-state index contributed by atoms with van der Waals surface area (Å²) in [4.78, 5) is 10.7. The van der Waals surface area contributed by atoms with Crippen LogP contribution in [-0.2, 0) is 16.1 Å². The van der Waals surface area contributed by atoms with Crippen molar-refractivity contribution in [3.05, 3.63) is 35.4 Å². The standard InChI is InChI=1S/C11H16N2O2/c1-15-7-8-3-2-4-9(5-8)10(12)6-11(13)14/h2-5,10H,6-7,12H2,1H3,(H2,13,14)/t10-/m0/s1. The molecule has 0 aliphatic rings. The molecule has 0 aliphatic carbocycles. The first-order valence-corrected chi connectivity index (χ1v) is 4.75. The first kappa shape index (κ1) is 11.7. The van der Waals surface area contributed by atoms with Crippen molar-refractivity contribution >= 4 is 5.91 Å². The lowest BCUT2D eigenvalue weighted by Crippen LogP contribution is -2.20. The molecule has 0 heterocycles. The maximum atomic E-state index is 10.7. The molecule has 1 atom stereocenters. The number of carbonyl (C=O) groups is 1. The molecular weight excluding hydrogens is 192 g/mol. The fraction of sp³-hybridized carbons (Fsp3) is 0.364. The molecule has 0 unspecified atom stereocenters. The van der Waals surface area contributed by atoms with Crippen molar-refractivity contribution in [2.24, 2.45) is 11.5 Å². The summed E-state index contributed by atoms with van der Waals surface area (Å²) >= 11 is 0. The van der Waals surface area contributed by atoms with E-state index in [1.165, 1.54) is 0 Å². The van der Waals surface area contributed by atoms with E-state index in [9.17, 15) is 4.79 Å². The topological polar surface area (TPSA) is 78.3 Å². The Hall–Kier alpha value is -1.39. The van der Waals surface area contributed by atoms with Crippen LogP contribution in [0.2, 0.25) is 0 Å². The molecule has 0 saturated heterocycles. The Kier molecular flexibility index (Phi) is 4.27. The lowest BCUT2D eigenvalue weighted by molar-refractivity contribution is -0.118. The van der Waals surface area contributed by atoms with Crippen LogP contribution in [0.3, 0.4) is 0 Å². The first-order valence-electron chi connectivity index (χ1n) is 4.75. The maximum Gasteiger partial charge on any atom is 0.219 e. The largest absolute Gasteiger partial charge is 0.380 e. The van der Waals surface area contributed by atoms with Crippen LogP contribution in [0.25, 0.3) is 0 Å². The molecule has 4 N–H and O–H groups in total. The number of methoxy groups -OCH3 is 1. The molecule has 1 aromatic rings. The van der Waals surface area contributed by atoms with Crippen molar-refractivity contribution in [2.75, 3.05) is 7.11 Å². The number of ether oxygens (including phenoxy) is 1. The van der Waals surface area contributed by atoms with Gasteiger partial charge in [-0.2, -0.15) is 0 Å². The third-order valence-corrected chi connectivity index (χ3v) is 2.11. The van der Waals surface area contributed by atoms with Crippen LogP contribution in [0.5, 0.6) is 0 Å². The quantitative estimate of drug-likeness (QED) is 0.748. The van der Waals surface area contributed by atoms with E-state index in [-0.39, 0.29) is 18.4 Å². The zero-order valence-electron chi connectivity index (χ0n) is 8.77. The van der Waals surface area contributed by atoms with Gasteiger partial charge >= 0.3 is 0 Å². The van der Waals surface area contributed by atoms with E-state index >= 15 is 0 Å². The van der Waals surface area contributed by atoms with E-state index in [0.29, 0.717) is 6.61 Å². The van der Waals surface area contributed by atoms with Crippen LogP contribution < -0.4 is 11.5 Å². The van der Waals surface area contributed by atoms with E-state index < -0.39 is 0 Å². The Morgan fingerprint density at radius 3 is 2.87 bits per heavy atom. The average molecular weight is 208 g/mol. The van der Waals surface area contributed by atoms with Crippen LogP contribution in [0, 0.1) is 0 Å². The summed E-state index contributed by atoms with van der Waals surface area (Å²) in [7, 11) is 1.63. The Morgan fingerprint density at radius 1 is 1.53 bits per heavy atom. The second kappa shape index (κ2) is 5.48. The molecule has 0 aromatic heterocycles. The van der Waals surface area contributed by atoms with E-state index in [0.717, 1.165) is 11.1 Å². The van der Waals surface area contributed by atoms with Gasteiger partial charge in [0.1, 0.15) is 0 Å². The number of carbonyl (C=O) groups excluding carboxylic acids is 1. The Labute approximate surface area is 89.2 Å². The van der Waals surface area contributed by atoms with Crippen molar-refractivity contribution in [3.63, 3.8) is 0 Å². The second-order valence-corrected chi connectivity index (χ2v) is 3.45. The fourth-order valence-corrected chi connectivity index (χ4v) is 1.41. The highest BCUT2D eigenvalue weighted by Crippen LogP contribution is 2.15. The van der Waals surface area contributed by atoms with Crippen LogP contribution in [0.1, 0.15) is 23.6 Å². The SMILES string of the molecule is COCc1cccc([C@@H](N)CC(N)=O)c1. The van der Waals surface area contributed by atoms with E-state index in [1.54, 1.807) is 7.11 Å². The predicted octanol–water partition coefficient (Wildman–Crippen LogP) is 0.708. The van der Waals surface area contributed by atoms with Crippen molar-refractivity contribution in [2.45, 2.75) is 19.1 Å². The van der Waals surface area contributed by atoms with Gasteiger partial charge in [-0.05, 0) is 11.1 Å². The summed E-state index contributed by atoms with van der Waals surface area (Å²) < 4.78 is 5.01. The van der Waals surface area contributed by atoms with E-state index in [4.69, 9.17) is 16.2 Å². The number of amides is 1. The van der Waals surface area contributed by atoms with Gasteiger partial charge in [-0.25, -0.2) is 0 Å². The molecule has 1 aromatic carbocycles. The number of hydrogen-bond donors (Lipinski definition) is 2. The average Bonchev–Trinajstić information content (AvgIpc) is 2.17. The van der Waals surface area contributed by atoms with Gasteiger partial charge in [-0.15, -0.1) is 0 Å².